The Morgan fingerprint density at radius 1 is 1.52 bits per heavy atom. The van der Waals surface area contributed by atoms with Crippen molar-refractivity contribution in [2.75, 3.05) is 11.9 Å². The van der Waals surface area contributed by atoms with Crippen LogP contribution in [0.4, 0.5) is 10.7 Å². The third kappa shape index (κ3) is 4.78. The highest BCUT2D eigenvalue weighted by Gasteiger charge is 2.24. The third-order valence-electron chi connectivity index (χ3n) is 3.07. The van der Waals surface area contributed by atoms with Crippen molar-refractivity contribution in [3.8, 4) is 11.3 Å². The molecule has 0 saturated heterocycles. The van der Waals surface area contributed by atoms with Crippen LogP contribution in [0.25, 0.3) is 11.3 Å². The summed E-state index contributed by atoms with van der Waals surface area (Å²) in [6.07, 6.45) is 2.43. The zero-order chi connectivity index (χ0) is 17.0. The minimum atomic E-state index is -1.05. The molecule has 0 saturated carbocycles. The highest BCUT2D eigenvalue weighted by molar-refractivity contribution is 14.1. The molecular weight excluding hydrogens is 411 g/mol. The van der Waals surface area contributed by atoms with Crippen LogP contribution in [0.2, 0.25) is 0 Å². The number of hydrogen-bond donors (Lipinski definition) is 4. The molecule has 2 aromatic heterocycles. The van der Waals surface area contributed by atoms with Crippen molar-refractivity contribution in [1.29, 1.82) is 0 Å². The SMILES string of the molecule is CC(CNc1nccc(-c2c[nH]nc2C(C)(C)I)n1)NC(=O)O. The number of aromatic amines is 1. The second-order valence-corrected chi connectivity index (χ2v) is 8.31. The number of alkyl halides is 1. The van der Waals surface area contributed by atoms with E-state index in [0.717, 1.165) is 17.0 Å². The monoisotopic (exact) mass is 430 g/mol. The van der Waals surface area contributed by atoms with Crippen molar-refractivity contribution in [3.05, 3.63) is 24.2 Å². The minimum absolute atomic E-state index is 0.133. The number of aromatic nitrogens is 4. The van der Waals surface area contributed by atoms with Gasteiger partial charge in [-0.05, 0) is 26.8 Å². The van der Waals surface area contributed by atoms with Gasteiger partial charge in [0.15, 0.2) is 0 Å². The van der Waals surface area contributed by atoms with Gasteiger partial charge >= 0.3 is 6.09 Å². The zero-order valence-electron chi connectivity index (χ0n) is 13.1. The van der Waals surface area contributed by atoms with Crippen LogP contribution in [0.15, 0.2) is 18.5 Å². The molecule has 0 aromatic carbocycles. The van der Waals surface area contributed by atoms with E-state index in [1.165, 1.54) is 0 Å². The second-order valence-electron chi connectivity index (χ2n) is 5.62. The Morgan fingerprint density at radius 2 is 2.26 bits per heavy atom. The fourth-order valence-corrected chi connectivity index (χ4v) is 2.45. The van der Waals surface area contributed by atoms with E-state index in [0.29, 0.717) is 12.5 Å². The molecule has 1 amide bonds. The fraction of sp³-hybridized carbons (Fsp3) is 0.429. The summed E-state index contributed by atoms with van der Waals surface area (Å²) in [6.45, 7) is 6.31. The van der Waals surface area contributed by atoms with Crippen LogP contribution in [0.3, 0.4) is 0 Å². The quantitative estimate of drug-likeness (QED) is 0.414. The lowest BCUT2D eigenvalue weighted by molar-refractivity contribution is 0.191. The Kier molecular flexibility index (Phi) is 5.39. The number of nitrogens with zero attached hydrogens (tertiary/aromatic N) is 3. The molecular formula is C14H19IN6O2. The molecule has 8 nitrogen and oxygen atoms in total. The Morgan fingerprint density at radius 3 is 2.91 bits per heavy atom. The number of halogens is 1. The van der Waals surface area contributed by atoms with Gasteiger partial charge in [0.1, 0.15) is 0 Å². The Bertz CT molecular complexity index is 682. The number of carbonyl (C=O) groups is 1. The van der Waals surface area contributed by atoms with Crippen LogP contribution in [0.1, 0.15) is 26.5 Å². The zero-order valence-corrected chi connectivity index (χ0v) is 15.2. The van der Waals surface area contributed by atoms with Gasteiger partial charge in [-0.1, -0.05) is 22.6 Å². The molecule has 1 unspecified atom stereocenters. The predicted octanol–water partition coefficient (Wildman–Crippen LogP) is 2.60. The van der Waals surface area contributed by atoms with E-state index < -0.39 is 6.09 Å². The van der Waals surface area contributed by atoms with E-state index in [1.807, 2.05) is 12.3 Å². The van der Waals surface area contributed by atoms with Gasteiger partial charge in [-0.15, -0.1) is 0 Å². The van der Waals surface area contributed by atoms with Gasteiger partial charge in [0.2, 0.25) is 5.95 Å². The molecule has 2 rings (SSSR count). The number of anilines is 1. The van der Waals surface area contributed by atoms with Crippen LogP contribution >= 0.6 is 22.6 Å². The van der Waals surface area contributed by atoms with Crippen molar-refractivity contribution in [3.63, 3.8) is 0 Å². The highest BCUT2D eigenvalue weighted by Crippen LogP contribution is 2.35. The topological polar surface area (TPSA) is 116 Å². The normalized spacial score (nSPS) is 12.7. The Balaban J connectivity index is 2.15. The summed E-state index contributed by atoms with van der Waals surface area (Å²) in [5.41, 5.74) is 2.60. The van der Waals surface area contributed by atoms with Crippen molar-refractivity contribution in [2.45, 2.75) is 30.2 Å². The molecule has 0 spiro atoms. The molecule has 2 heterocycles. The fourth-order valence-electron chi connectivity index (χ4n) is 2.04. The summed E-state index contributed by atoms with van der Waals surface area (Å²) >= 11 is 2.33. The number of carboxylic acid groups (broad SMARTS) is 1. The maximum Gasteiger partial charge on any atom is 0.404 e. The molecule has 4 N–H and O–H groups in total. The van der Waals surface area contributed by atoms with Crippen LogP contribution in [-0.4, -0.2) is 44.0 Å². The van der Waals surface area contributed by atoms with Gasteiger partial charge in [-0.25, -0.2) is 14.8 Å². The van der Waals surface area contributed by atoms with Crippen LogP contribution < -0.4 is 10.6 Å². The van der Waals surface area contributed by atoms with Gasteiger partial charge in [-0.3, -0.25) is 5.10 Å². The smallest absolute Gasteiger partial charge is 0.404 e. The van der Waals surface area contributed by atoms with Crippen LogP contribution in [-0.2, 0) is 3.42 Å². The average Bonchev–Trinajstić information content (AvgIpc) is 2.94. The molecule has 2 aromatic rings. The summed E-state index contributed by atoms with van der Waals surface area (Å²) in [5.74, 6) is 0.444. The number of amides is 1. The molecule has 0 radical (unpaired) electrons. The molecule has 124 valence electrons. The van der Waals surface area contributed by atoms with E-state index in [9.17, 15) is 4.79 Å². The van der Waals surface area contributed by atoms with E-state index in [-0.39, 0.29) is 9.46 Å². The maximum absolute atomic E-state index is 10.6. The van der Waals surface area contributed by atoms with E-state index in [4.69, 9.17) is 5.11 Å². The average molecular weight is 430 g/mol. The number of hydrogen-bond acceptors (Lipinski definition) is 5. The van der Waals surface area contributed by atoms with Gasteiger partial charge in [0.25, 0.3) is 0 Å². The maximum atomic E-state index is 10.6. The first-order valence-corrected chi connectivity index (χ1v) is 8.15. The van der Waals surface area contributed by atoms with Crippen LogP contribution in [0, 0.1) is 0 Å². The Hall–Kier alpha value is -1.91. The van der Waals surface area contributed by atoms with Crippen LogP contribution in [0.5, 0.6) is 0 Å². The van der Waals surface area contributed by atoms with E-state index in [2.05, 4.69) is 67.2 Å². The standard InChI is InChI=1S/C14H19IN6O2/c1-8(19-13(22)23)6-17-12-16-5-4-10(20-12)9-7-18-21-11(9)14(2,3)15/h4-5,7-8,19H,6H2,1-3H3,(H,18,21)(H,22,23)(H,16,17,20). The van der Waals surface area contributed by atoms with Crippen molar-refractivity contribution in [2.24, 2.45) is 0 Å². The Labute approximate surface area is 147 Å². The lowest BCUT2D eigenvalue weighted by atomic mass is 10.0. The molecule has 0 bridgehead atoms. The lowest BCUT2D eigenvalue weighted by Gasteiger charge is -2.16. The largest absolute Gasteiger partial charge is 0.465 e. The molecule has 0 fully saturated rings. The van der Waals surface area contributed by atoms with Gasteiger partial charge in [0.05, 0.1) is 14.8 Å². The summed E-state index contributed by atoms with van der Waals surface area (Å²) in [6, 6.07) is 1.57. The molecule has 23 heavy (non-hydrogen) atoms. The summed E-state index contributed by atoms with van der Waals surface area (Å²) in [7, 11) is 0. The number of nitrogens with one attached hydrogen (secondary N) is 3. The van der Waals surface area contributed by atoms with Crippen molar-refractivity contribution >= 4 is 34.6 Å². The molecule has 0 aliphatic carbocycles. The van der Waals surface area contributed by atoms with Gasteiger partial charge in [0, 0.05) is 30.5 Å². The predicted molar refractivity (Wildman–Crippen MR) is 95.8 cm³/mol. The minimum Gasteiger partial charge on any atom is -0.465 e. The molecule has 1 atom stereocenters. The highest BCUT2D eigenvalue weighted by atomic mass is 127. The van der Waals surface area contributed by atoms with E-state index in [1.54, 1.807) is 13.1 Å². The first-order valence-electron chi connectivity index (χ1n) is 7.07. The van der Waals surface area contributed by atoms with Crippen molar-refractivity contribution < 1.29 is 9.90 Å². The van der Waals surface area contributed by atoms with E-state index >= 15 is 0 Å². The van der Waals surface area contributed by atoms with Crippen molar-refractivity contribution in [1.82, 2.24) is 25.5 Å². The first-order chi connectivity index (χ1) is 10.8. The number of H-pyrrole nitrogens is 1. The lowest BCUT2D eigenvalue weighted by Crippen LogP contribution is -2.36. The summed E-state index contributed by atoms with van der Waals surface area (Å²) < 4.78 is -0.133. The summed E-state index contributed by atoms with van der Waals surface area (Å²) in [4.78, 5) is 19.2. The third-order valence-corrected chi connectivity index (χ3v) is 3.58. The molecule has 0 aliphatic rings. The van der Waals surface area contributed by atoms with Gasteiger partial charge < -0.3 is 15.7 Å². The first kappa shape index (κ1) is 17.4. The molecule has 0 aliphatic heterocycles. The number of rotatable bonds is 6. The van der Waals surface area contributed by atoms with Gasteiger partial charge in [-0.2, -0.15) is 5.10 Å². The molecule has 9 heteroatoms. The summed E-state index contributed by atoms with van der Waals surface area (Å²) in [5, 5.41) is 21.3. The second kappa shape index (κ2) is 7.11.